The maximum absolute atomic E-state index is 4.22. The van der Waals surface area contributed by atoms with Crippen molar-refractivity contribution in [2.75, 3.05) is 0 Å². The van der Waals surface area contributed by atoms with Crippen LogP contribution in [0.3, 0.4) is 0 Å². The van der Waals surface area contributed by atoms with E-state index in [1.165, 1.54) is 17.3 Å². The van der Waals surface area contributed by atoms with Gasteiger partial charge in [0.1, 0.15) is 11.0 Å². The average molecular weight is 260 g/mol. The van der Waals surface area contributed by atoms with Crippen molar-refractivity contribution in [3.05, 3.63) is 42.2 Å². The average Bonchev–Trinajstić information content (AvgIpc) is 2.85. The highest BCUT2D eigenvalue weighted by atomic mass is 32.2. The van der Waals surface area contributed by atoms with Crippen LogP contribution in [-0.2, 0) is 5.75 Å². The van der Waals surface area contributed by atoms with Crippen molar-refractivity contribution in [3.63, 3.8) is 0 Å². The molecule has 0 aliphatic carbocycles. The lowest BCUT2D eigenvalue weighted by Crippen LogP contribution is -1.85. The predicted octanol–water partition coefficient (Wildman–Crippen LogP) is 2.77. The smallest absolute Gasteiger partial charge is 0.187 e. The number of thioether (sulfide) groups is 1. The minimum absolute atomic E-state index is 0.795. The predicted molar refractivity (Wildman–Crippen MR) is 69.0 cm³/mol. The Bertz CT molecular complexity index is 623. The van der Waals surface area contributed by atoms with Gasteiger partial charge < -0.3 is 0 Å². The van der Waals surface area contributed by atoms with Crippen molar-refractivity contribution in [3.8, 4) is 0 Å². The van der Waals surface area contributed by atoms with Crippen molar-refractivity contribution >= 4 is 34.5 Å². The summed E-state index contributed by atoms with van der Waals surface area (Å²) in [4.78, 5) is 8.34. The van der Waals surface area contributed by atoms with Gasteiger partial charge in [0, 0.05) is 18.1 Å². The molecule has 17 heavy (non-hydrogen) atoms. The van der Waals surface area contributed by atoms with E-state index < -0.39 is 0 Å². The van der Waals surface area contributed by atoms with Gasteiger partial charge in [-0.15, -0.1) is 0 Å². The van der Waals surface area contributed by atoms with Gasteiger partial charge in [0.15, 0.2) is 5.16 Å². The van der Waals surface area contributed by atoms with Crippen molar-refractivity contribution in [1.29, 1.82) is 0 Å². The van der Waals surface area contributed by atoms with Crippen molar-refractivity contribution in [1.82, 2.24) is 18.7 Å². The zero-order valence-electron chi connectivity index (χ0n) is 8.78. The molecule has 0 bridgehead atoms. The fourth-order valence-corrected chi connectivity index (χ4v) is 2.69. The van der Waals surface area contributed by atoms with Gasteiger partial charge in [-0.2, -0.15) is 8.75 Å². The SMILES string of the molecule is c1cnc(SCc2ccc3nsnc3c2)nc1. The topological polar surface area (TPSA) is 51.6 Å². The summed E-state index contributed by atoms with van der Waals surface area (Å²) in [6.07, 6.45) is 3.51. The van der Waals surface area contributed by atoms with Crippen LogP contribution in [-0.4, -0.2) is 18.7 Å². The second kappa shape index (κ2) is 4.77. The molecule has 0 aliphatic heterocycles. The lowest BCUT2D eigenvalue weighted by Gasteiger charge is -1.99. The van der Waals surface area contributed by atoms with Gasteiger partial charge >= 0.3 is 0 Å². The summed E-state index contributed by atoms with van der Waals surface area (Å²) in [5.74, 6) is 0.845. The lowest BCUT2D eigenvalue weighted by atomic mass is 10.2. The molecule has 0 atom stereocenters. The van der Waals surface area contributed by atoms with Gasteiger partial charge in [-0.3, -0.25) is 0 Å². The third kappa shape index (κ3) is 2.42. The van der Waals surface area contributed by atoms with E-state index in [9.17, 15) is 0 Å². The molecule has 2 aromatic heterocycles. The molecular formula is C11H8N4S2. The monoisotopic (exact) mass is 260 g/mol. The van der Waals surface area contributed by atoms with Crippen LogP contribution in [0.2, 0.25) is 0 Å². The Balaban J connectivity index is 1.76. The van der Waals surface area contributed by atoms with Crippen molar-refractivity contribution in [2.45, 2.75) is 10.9 Å². The Kier molecular flexibility index (Phi) is 2.98. The number of nitrogens with zero attached hydrogens (tertiary/aromatic N) is 4. The van der Waals surface area contributed by atoms with E-state index in [0.717, 1.165) is 21.9 Å². The minimum Gasteiger partial charge on any atom is -0.231 e. The molecule has 0 saturated carbocycles. The highest BCUT2D eigenvalue weighted by Gasteiger charge is 2.02. The molecule has 1 aromatic carbocycles. The van der Waals surface area contributed by atoms with Crippen LogP contribution in [0.4, 0.5) is 0 Å². The minimum atomic E-state index is 0.795. The van der Waals surface area contributed by atoms with E-state index in [2.05, 4.69) is 30.8 Å². The molecule has 3 aromatic rings. The van der Waals surface area contributed by atoms with Crippen LogP contribution >= 0.6 is 23.5 Å². The second-order valence-electron chi connectivity index (χ2n) is 3.41. The van der Waals surface area contributed by atoms with Crippen LogP contribution < -0.4 is 0 Å². The van der Waals surface area contributed by atoms with Gasteiger partial charge in [0.05, 0.1) is 11.7 Å². The van der Waals surface area contributed by atoms with Gasteiger partial charge in [-0.1, -0.05) is 17.8 Å². The van der Waals surface area contributed by atoms with Gasteiger partial charge in [0.25, 0.3) is 0 Å². The summed E-state index contributed by atoms with van der Waals surface area (Å²) in [6.45, 7) is 0. The third-order valence-electron chi connectivity index (χ3n) is 2.23. The van der Waals surface area contributed by atoms with E-state index in [4.69, 9.17) is 0 Å². The second-order valence-corrected chi connectivity index (χ2v) is 4.88. The molecule has 0 unspecified atom stereocenters. The zero-order chi connectivity index (χ0) is 11.5. The van der Waals surface area contributed by atoms with Crippen LogP contribution in [0.25, 0.3) is 11.0 Å². The molecule has 84 valence electrons. The summed E-state index contributed by atoms with van der Waals surface area (Å²) >= 11 is 2.86. The third-order valence-corrected chi connectivity index (χ3v) is 3.73. The number of rotatable bonds is 3. The molecule has 0 spiro atoms. The van der Waals surface area contributed by atoms with E-state index in [-0.39, 0.29) is 0 Å². The first-order chi connectivity index (χ1) is 8.42. The fourth-order valence-electron chi connectivity index (χ4n) is 1.43. The summed E-state index contributed by atoms with van der Waals surface area (Å²) in [6, 6.07) is 7.95. The van der Waals surface area contributed by atoms with Crippen LogP contribution in [0, 0.1) is 0 Å². The molecule has 0 N–H and O–H groups in total. The first kappa shape index (κ1) is 10.6. The Labute approximate surface area is 106 Å². The molecule has 0 saturated heterocycles. The Morgan fingerprint density at radius 3 is 2.76 bits per heavy atom. The molecule has 0 radical (unpaired) electrons. The molecule has 3 rings (SSSR count). The molecule has 0 aliphatic rings. The largest absolute Gasteiger partial charge is 0.231 e. The van der Waals surface area contributed by atoms with Gasteiger partial charge in [-0.25, -0.2) is 9.97 Å². The lowest BCUT2D eigenvalue weighted by molar-refractivity contribution is 0.966. The van der Waals surface area contributed by atoms with Crippen LogP contribution in [0.1, 0.15) is 5.56 Å². The fraction of sp³-hybridized carbons (Fsp3) is 0.0909. The van der Waals surface area contributed by atoms with Gasteiger partial charge in [0.2, 0.25) is 0 Å². The molecule has 0 amide bonds. The number of benzene rings is 1. The standard InChI is InChI=1S/C11H8N4S2/c1-4-12-11(13-5-1)16-7-8-2-3-9-10(6-8)15-17-14-9/h1-6H,7H2. The van der Waals surface area contributed by atoms with Crippen molar-refractivity contribution in [2.24, 2.45) is 0 Å². The quantitative estimate of drug-likeness (QED) is 0.535. The molecular weight excluding hydrogens is 252 g/mol. The molecule has 4 nitrogen and oxygen atoms in total. The van der Waals surface area contributed by atoms with E-state index in [0.29, 0.717) is 0 Å². The van der Waals surface area contributed by atoms with E-state index in [1.807, 2.05) is 12.1 Å². The zero-order valence-corrected chi connectivity index (χ0v) is 10.4. The maximum Gasteiger partial charge on any atom is 0.187 e. The number of hydrogen-bond donors (Lipinski definition) is 0. The first-order valence-electron chi connectivity index (χ1n) is 5.03. The normalized spacial score (nSPS) is 10.8. The Morgan fingerprint density at radius 1 is 1.06 bits per heavy atom. The molecule has 6 heteroatoms. The Hall–Kier alpha value is -1.53. The number of hydrogen-bond acceptors (Lipinski definition) is 6. The van der Waals surface area contributed by atoms with E-state index >= 15 is 0 Å². The van der Waals surface area contributed by atoms with E-state index in [1.54, 1.807) is 24.2 Å². The van der Waals surface area contributed by atoms with Crippen LogP contribution in [0.5, 0.6) is 0 Å². The number of aromatic nitrogens is 4. The Morgan fingerprint density at radius 2 is 1.88 bits per heavy atom. The first-order valence-corrected chi connectivity index (χ1v) is 6.74. The summed E-state index contributed by atoms with van der Waals surface area (Å²) in [5, 5.41) is 0.795. The molecule has 0 fully saturated rings. The highest BCUT2D eigenvalue weighted by Crippen LogP contribution is 2.21. The van der Waals surface area contributed by atoms with Gasteiger partial charge in [-0.05, 0) is 23.8 Å². The van der Waals surface area contributed by atoms with Crippen molar-refractivity contribution < 1.29 is 0 Å². The summed E-state index contributed by atoms with van der Waals surface area (Å²) < 4.78 is 8.40. The number of fused-ring (bicyclic) bond motifs is 1. The van der Waals surface area contributed by atoms with Crippen LogP contribution in [0.15, 0.2) is 41.8 Å². The summed E-state index contributed by atoms with van der Waals surface area (Å²) in [7, 11) is 0. The molecule has 2 heterocycles. The maximum atomic E-state index is 4.22. The highest BCUT2D eigenvalue weighted by molar-refractivity contribution is 7.98. The summed E-state index contributed by atoms with van der Waals surface area (Å²) in [5.41, 5.74) is 3.13.